The zero-order valence-corrected chi connectivity index (χ0v) is 31.9. The molecule has 9 nitrogen and oxygen atoms in total. The zero-order chi connectivity index (χ0) is 38.1. The van der Waals surface area contributed by atoms with Gasteiger partial charge in [-0.25, -0.2) is 0 Å². The number of aldehydes is 1. The van der Waals surface area contributed by atoms with Crippen molar-refractivity contribution in [2.24, 2.45) is 10.8 Å². The summed E-state index contributed by atoms with van der Waals surface area (Å²) in [6.07, 6.45) is 0.787. The van der Waals surface area contributed by atoms with Crippen LogP contribution in [-0.2, 0) is 32.3 Å². The number of hydrogen-bond acceptors (Lipinski definition) is 9. The predicted molar refractivity (Wildman–Crippen MR) is 207 cm³/mol. The molecule has 0 aliphatic rings. The van der Waals surface area contributed by atoms with E-state index in [1.54, 1.807) is 6.07 Å². The number of hydrogen-bond donors (Lipinski definition) is 0. The van der Waals surface area contributed by atoms with Crippen molar-refractivity contribution in [3.8, 4) is 11.5 Å². The Kier molecular flexibility index (Phi) is 15.7. The highest BCUT2D eigenvalue weighted by molar-refractivity contribution is 5.81. The topological polar surface area (TPSA) is 94.6 Å². The van der Waals surface area contributed by atoms with E-state index in [0.717, 1.165) is 34.5 Å². The largest absolute Gasteiger partial charge is 0.489 e. The molecular formula is C43H54N2O7. The Bertz CT molecular complexity index is 1700. The van der Waals surface area contributed by atoms with E-state index in [1.165, 1.54) is 0 Å². The van der Waals surface area contributed by atoms with Gasteiger partial charge in [0.15, 0.2) is 6.29 Å². The van der Waals surface area contributed by atoms with Gasteiger partial charge in [-0.3, -0.25) is 14.4 Å². The van der Waals surface area contributed by atoms with Crippen LogP contribution in [-0.4, -0.2) is 58.6 Å². The fourth-order valence-corrected chi connectivity index (χ4v) is 4.51. The molecule has 0 spiro atoms. The van der Waals surface area contributed by atoms with Gasteiger partial charge in [-0.05, 0) is 76.9 Å². The summed E-state index contributed by atoms with van der Waals surface area (Å²) in [6, 6.07) is 33.2. The van der Waals surface area contributed by atoms with Crippen molar-refractivity contribution >= 4 is 29.6 Å². The minimum absolute atomic E-state index is 0.180. The van der Waals surface area contributed by atoms with Gasteiger partial charge in [-0.15, -0.1) is 0 Å². The van der Waals surface area contributed by atoms with Crippen LogP contribution in [0, 0.1) is 10.8 Å². The first kappa shape index (κ1) is 41.1. The van der Waals surface area contributed by atoms with E-state index in [-0.39, 0.29) is 11.9 Å². The van der Waals surface area contributed by atoms with E-state index >= 15 is 0 Å². The molecule has 4 aromatic rings. The van der Waals surface area contributed by atoms with Crippen LogP contribution < -0.4 is 19.3 Å². The molecule has 0 aromatic heterocycles. The van der Waals surface area contributed by atoms with Crippen molar-refractivity contribution in [1.29, 1.82) is 0 Å². The quantitative estimate of drug-likeness (QED) is 0.0891. The minimum Gasteiger partial charge on any atom is -0.489 e. The number of esters is 2. The van der Waals surface area contributed by atoms with Crippen LogP contribution in [0.15, 0.2) is 103 Å². The summed E-state index contributed by atoms with van der Waals surface area (Å²) in [7, 11) is 3.88. The molecule has 0 atom stereocenters. The fraction of sp³-hybridized carbons (Fsp3) is 0.372. The second-order valence-electron chi connectivity index (χ2n) is 14.5. The van der Waals surface area contributed by atoms with Crippen LogP contribution in [0.5, 0.6) is 11.5 Å². The van der Waals surface area contributed by atoms with Crippen molar-refractivity contribution in [1.82, 2.24) is 0 Å². The smallest absolute Gasteiger partial charge is 0.311 e. The molecule has 0 unspecified atom stereocenters. The first-order valence-electron chi connectivity index (χ1n) is 17.5. The van der Waals surface area contributed by atoms with Crippen molar-refractivity contribution in [2.45, 2.75) is 54.8 Å². The van der Waals surface area contributed by atoms with E-state index in [1.807, 2.05) is 162 Å². The lowest BCUT2D eigenvalue weighted by Crippen LogP contribution is -2.28. The van der Waals surface area contributed by atoms with Crippen LogP contribution in [0.4, 0.5) is 11.4 Å². The van der Waals surface area contributed by atoms with Crippen molar-refractivity contribution in [2.75, 3.05) is 50.2 Å². The standard InChI is InChI=1S/C22H27NO4.C21H27NO3/c1-22(2,3)21(25)26-13-12-23(4)19-11-10-18(15-24)20(14-19)27-16-17-8-6-5-7-9-17;1-21(2,3)20(23)24-14-13-22(4)18-11-8-12-19(15-18)25-16-17-9-6-5-7-10-17/h5-11,14-15H,12-13,16H2,1-4H3;5-12,15H,13-14,16H2,1-4H3. The SMILES string of the molecule is CN(CCOC(=O)C(C)(C)C)c1ccc(C=O)c(OCc2ccccc2)c1.CN(CCOC(=O)C(C)(C)C)c1cccc(OCc2ccccc2)c1. The van der Waals surface area contributed by atoms with E-state index in [2.05, 4.69) is 0 Å². The number of carbonyl (C=O) groups is 3. The van der Waals surface area contributed by atoms with E-state index in [0.29, 0.717) is 50.8 Å². The lowest BCUT2D eigenvalue weighted by Gasteiger charge is -2.22. The normalized spacial score (nSPS) is 11.0. The molecule has 0 aliphatic heterocycles. The van der Waals surface area contributed by atoms with Gasteiger partial charge in [0, 0.05) is 37.6 Å². The minimum atomic E-state index is -0.511. The molecular weight excluding hydrogens is 656 g/mol. The summed E-state index contributed by atoms with van der Waals surface area (Å²) in [5.41, 5.74) is 3.60. The van der Waals surface area contributed by atoms with Crippen LogP contribution in [0.25, 0.3) is 0 Å². The lowest BCUT2D eigenvalue weighted by atomic mass is 9.97. The summed E-state index contributed by atoms with van der Waals surface area (Å²) in [6.45, 7) is 13.8. The Labute approximate surface area is 309 Å². The Balaban J connectivity index is 0.000000281. The highest BCUT2D eigenvalue weighted by Gasteiger charge is 2.23. The maximum atomic E-state index is 11.8. The number of benzene rings is 4. The summed E-state index contributed by atoms with van der Waals surface area (Å²) < 4.78 is 22.3. The van der Waals surface area contributed by atoms with Gasteiger partial charge in [-0.1, -0.05) is 66.7 Å². The van der Waals surface area contributed by atoms with Crippen molar-refractivity contribution < 1.29 is 33.3 Å². The molecule has 0 fully saturated rings. The van der Waals surface area contributed by atoms with Crippen LogP contribution in [0.3, 0.4) is 0 Å². The monoisotopic (exact) mass is 710 g/mol. The highest BCUT2D eigenvalue weighted by Crippen LogP contribution is 2.26. The van der Waals surface area contributed by atoms with E-state index in [4.69, 9.17) is 18.9 Å². The molecule has 0 saturated carbocycles. The van der Waals surface area contributed by atoms with Crippen LogP contribution in [0.1, 0.15) is 63.0 Å². The van der Waals surface area contributed by atoms with Gasteiger partial charge < -0.3 is 28.7 Å². The number of nitrogens with zero attached hydrogens (tertiary/aromatic N) is 2. The third-order valence-electron chi connectivity index (χ3n) is 7.85. The second-order valence-corrected chi connectivity index (χ2v) is 14.5. The third-order valence-corrected chi connectivity index (χ3v) is 7.85. The first-order valence-corrected chi connectivity index (χ1v) is 17.5. The van der Waals surface area contributed by atoms with Gasteiger partial charge in [0.25, 0.3) is 0 Å². The summed E-state index contributed by atoms with van der Waals surface area (Å²) >= 11 is 0. The van der Waals surface area contributed by atoms with E-state index < -0.39 is 10.8 Å². The molecule has 4 rings (SSSR count). The van der Waals surface area contributed by atoms with Crippen LogP contribution >= 0.6 is 0 Å². The molecule has 0 aliphatic carbocycles. The second kappa shape index (κ2) is 19.9. The molecule has 4 aromatic carbocycles. The van der Waals surface area contributed by atoms with Gasteiger partial charge >= 0.3 is 11.9 Å². The predicted octanol–water partition coefficient (Wildman–Crippen LogP) is 8.39. The molecule has 0 heterocycles. The molecule has 278 valence electrons. The molecule has 0 bridgehead atoms. The summed E-state index contributed by atoms with van der Waals surface area (Å²) in [4.78, 5) is 39.0. The van der Waals surface area contributed by atoms with Gasteiger partial charge in [0.1, 0.15) is 37.9 Å². The fourth-order valence-electron chi connectivity index (χ4n) is 4.51. The Morgan fingerprint density at radius 1 is 0.596 bits per heavy atom. The average molecular weight is 711 g/mol. The van der Waals surface area contributed by atoms with E-state index in [9.17, 15) is 14.4 Å². The number of anilines is 2. The van der Waals surface area contributed by atoms with Crippen LogP contribution in [0.2, 0.25) is 0 Å². The van der Waals surface area contributed by atoms with Gasteiger partial charge in [0.2, 0.25) is 0 Å². The number of carbonyl (C=O) groups excluding carboxylic acids is 3. The molecule has 52 heavy (non-hydrogen) atoms. The Morgan fingerprint density at radius 3 is 1.56 bits per heavy atom. The number of likely N-dealkylation sites (N-methyl/N-ethyl adjacent to an activating group) is 2. The van der Waals surface area contributed by atoms with Gasteiger partial charge in [-0.2, -0.15) is 0 Å². The molecule has 0 saturated heterocycles. The molecule has 9 heteroatoms. The highest BCUT2D eigenvalue weighted by atomic mass is 16.5. The third kappa shape index (κ3) is 14.1. The number of rotatable bonds is 15. The maximum absolute atomic E-state index is 11.8. The number of ether oxygens (including phenoxy) is 4. The van der Waals surface area contributed by atoms with Gasteiger partial charge in [0.05, 0.1) is 29.5 Å². The zero-order valence-electron chi connectivity index (χ0n) is 31.9. The Morgan fingerprint density at radius 2 is 1.08 bits per heavy atom. The molecule has 0 N–H and O–H groups in total. The first-order chi connectivity index (χ1) is 24.7. The summed E-state index contributed by atoms with van der Waals surface area (Å²) in [5.74, 6) is 0.949. The summed E-state index contributed by atoms with van der Waals surface area (Å²) in [5, 5.41) is 0. The van der Waals surface area contributed by atoms with Crippen molar-refractivity contribution in [3.05, 3.63) is 120 Å². The average Bonchev–Trinajstić information content (AvgIpc) is 3.13. The maximum Gasteiger partial charge on any atom is 0.311 e. The molecule has 0 radical (unpaired) electrons. The van der Waals surface area contributed by atoms with Crippen molar-refractivity contribution in [3.63, 3.8) is 0 Å². The Hall–Kier alpha value is -5.31. The molecule has 0 amide bonds. The lowest BCUT2D eigenvalue weighted by molar-refractivity contribution is -0.153.